The van der Waals surface area contributed by atoms with E-state index < -0.39 is 11.4 Å². The number of carboxylic acid groups (broad SMARTS) is 1. The molecule has 1 N–H and O–H groups in total. The molecule has 0 aliphatic carbocycles. The predicted molar refractivity (Wildman–Crippen MR) is 92.7 cm³/mol. The molecular formula is C19H26N2O4. The number of carboxylic acids is 1. The lowest BCUT2D eigenvalue weighted by Gasteiger charge is -2.29. The first-order valence-corrected chi connectivity index (χ1v) is 9.17. The second-order valence-corrected chi connectivity index (χ2v) is 7.51. The molecule has 0 saturated carbocycles. The van der Waals surface area contributed by atoms with Gasteiger partial charge in [-0.05, 0) is 43.6 Å². The summed E-state index contributed by atoms with van der Waals surface area (Å²) >= 11 is 0. The van der Waals surface area contributed by atoms with Gasteiger partial charge in [-0.3, -0.25) is 9.69 Å². The summed E-state index contributed by atoms with van der Waals surface area (Å²) in [4.78, 5) is 16.8. The number of hydrogen-bond donors (Lipinski definition) is 1. The second-order valence-electron chi connectivity index (χ2n) is 7.51. The Labute approximate surface area is 148 Å². The predicted octanol–water partition coefficient (Wildman–Crippen LogP) is 2.03. The normalized spacial score (nSPS) is 29.4. The standard InChI is InChI=1S/C19H26N2O4/c1-2-20-10-15-11-21(7-3-6-19(15,12-20)18(22)23)9-14-4-5-16-17(8-14)25-13-24-16/h4-5,8,15H,2-3,6-7,9-13H2,1H3,(H,22,23)/t15-,19+/m0/s1. The molecule has 25 heavy (non-hydrogen) atoms. The van der Waals surface area contributed by atoms with Gasteiger partial charge in [-0.25, -0.2) is 0 Å². The van der Waals surface area contributed by atoms with E-state index in [1.54, 1.807) is 0 Å². The third kappa shape index (κ3) is 2.98. The van der Waals surface area contributed by atoms with Crippen LogP contribution in [0.1, 0.15) is 25.3 Å². The summed E-state index contributed by atoms with van der Waals surface area (Å²) in [6.45, 7) is 7.54. The molecule has 0 amide bonds. The van der Waals surface area contributed by atoms with Gasteiger partial charge in [-0.15, -0.1) is 0 Å². The van der Waals surface area contributed by atoms with E-state index in [2.05, 4.69) is 22.8 Å². The Balaban J connectivity index is 1.50. The lowest BCUT2D eigenvalue weighted by atomic mass is 9.75. The third-order valence-corrected chi connectivity index (χ3v) is 6.06. The van der Waals surface area contributed by atoms with Crippen molar-refractivity contribution < 1.29 is 19.4 Å². The smallest absolute Gasteiger partial charge is 0.311 e. The molecule has 1 aromatic rings. The van der Waals surface area contributed by atoms with Crippen LogP contribution in [-0.4, -0.2) is 60.4 Å². The molecule has 4 rings (SSSR count). The Bertz CT molecular complexity index is 665. The van der Waals surface area contributed by atoms with Crippen molar-refractivity contribution >= 4 is 5.97 Å². The molecule has 2 fully saturated rings. The molecule has 136 valence electrons. The minimum Gasteiger partial charge on any atom is -0.481 e. The van der Waals surface area contributed by atoms with Gasteiger partial charge in [0.2, 0.25) is 6.79 Å². The summed E-state index contributed by atoms with van der Waals surface area (Å²) in [6.07, 6.45) is 1.71. The minimum atomic E-state index is -0.613. The Morgan fingerprint density at radius 2 is 2.08 bits per heavy atom. The number of rotatable bonds is 4. The van der Waals surface area contributed by atoms with Gasteiger partial charge in [0.1, 0.15) is 0 Å². The monoisotopic (exact) mass is 346 g/mol. The van der Waals surface area contributed by atoms with E-state index >= 15 is 0 Å². The number of aliphatic carboxylic acids is 1. The van der Waals surface area contributed by atoms with Crippen LogP contribution in [-0.2, 0) is 11.3 Å². The van der Waals surface area contributed by atoms with Crippen LogP contribution in [0.15, 0.2) is 18.2 Å². The molecule has 6 nitrogen and oxygen atoms in total. The number of nitrogens with zero attached hydrogens (tertiary/aromatic N) is 2. The Morgan fingerprint density at radius 3 is 2.88 bits per heavy atom. The molecule has 1 aromatic carbocycles. The number of ether oxygens (including phenoxy) is 2. The fourth-order valence-electron chi connectivity index (χ4n) is 4.65. The maximum Gasteiger partial charge on any atom is 0.311 e. The summed E-state index contributed by atoms with van der Waals surface area (Å²) in [5.41, 5.74) is 0.622. The summed E-state index contributed by atoms with van der Waals surface area (Å²) < 4.78 is 10.9. The van der Waals surface area contributed by atoms with Crippen molar-refractivity contribution in [1.29, 1.82) is 0 Å². The molecule has 0 aromatic heterocycles. The van der Waals surface area contributed by atoms with Crippen LogP contribution in [0, 0.1) is 11.3 Å². The first-order valence-electron chi connectivity index (χ1n) is 9.17. The number of hydrogen-bond acceptors (Lipinski definition) is 5. The van der Waals surface area contributed by atoms with Crippen molar-refractivity contribution in [3.63, 3.8) is 0 Å². The quantitative estimate of drug-likeness (QED) is 0.900. The highest BCUT2D eigenvalue weighted by molar-refractivity contribution is 5.76. The van der Waals surface area contributed by atoms with E-state index in [1.807, 2.05) is 12.1 Å². The molecule has 3 aliphatic rings. The van der Waals surface area contributed by atoms with Gasteiger partial charge in [0.25, 0.3) is 0 Å². The van der Waals surface area contributed by atoms with Crippen molar-refractivity contribution in [2.45, 2.75) is 26.3 Å². The van der Waals surface area contributed by atoms with Crippen LogP contribution < -0.4 is 9.47 Å². The van der Waals surface area contributed by atoms with E-state index in [0.29, 0.717) is 13.3 Å². The SMILES string of the molecule is CCN1C[C@H]2CN(Cc3ccc4c(c3)OCO4)CCC[C@@]2(C(=O)O)C1. The van der Waals surface area contributed by atoms with Crippen LogP contribution in [0.25, 0.3) is 0 Å². The zero-order valence-electron chi connectivity index (χ0n) is 14.7. The number of likely N-dealkylation sites (tertiary alicyclic amines) is 2. The molecule has 0 unspecified atom stereocenters. The van der Waals surface area contributed by atoms with Crippen LogP contribution in [0.3, 0.4) is 0 Å². The average molecular weight is 346 g/mol. The molecule has 0 bridgehead atoms. The highest BCUT2D eigenvalue weighted by Crippen LogP contribution is 2.43. The maximum atomic E-state index is 12.1. The summed E-state index contributed by atoms with van der Waals surface area (Å²) in [5.74, 6) is 1.20. The molecule has 3 aliphatic heterocycles. The summed E-state index contributed by atoms with van der Waals surface area (Å²) in [6, 6.07) is 6.09. The average Bonchev–Trinajstić information content (AvgIpc) is 3.16. The van der Waals surface area contributed by atoms with E-state index in [4.69, 9.17) is 9.47 Å². The Morgan fingerprint density at radius 1 is 1.28 bits per heavy atom. The first kappa shape index (κ1) is 16.7. The Hall–Kier alpha value is -1.79. The molecule has 2 atom stereocenters. The molecule has 2 saturated heterocycles. The van der Waals surface area contributed by atoms with E-state index in [1.165, 1.54) is 5.56 Å². The van der Waals surface area contributed by atoms with Crippen molar-refractivity contribution in [2.24, 2.45) is 11.3 Å². The van der Waals surface area contributed by atoms with Gasteiger partial charge in [-0.2, -0.15) is 0 Å². The van der Waals surface area contributed by atoms with Crippen LogP contribution >= 0.6 is 0 Å². The minimum absolute atomic E-state index is 0.196. The van der Waals surface area contributed by atoms with Crippen LogP contribution in [0.5, 0.6) is 11.5 Å². The number of benzene rings is 1. The van der Waals surface area contributed by atoms with Gasteiger partial charge in [0.15, 0.2) is 11.5 Å². The molecular weight excluding hydrogens is 320 g/mol. The van der Waals surface area contributed by atoms with E-state index in [9.17, 15) is 9.90 Å². The van der Waals surface area contributed by atoms with Gasteiger partial charge in [0.05, 0.1) is 5.41 Å². The van der Waals surface area contributed by atoms with Gasteiger partial charge >= 0.3 is 5.97 Å². The third-order valence-electron chi connectivity index (χ3n) is 6.06. The van der Waals surface area contributed by atoms with Crippen molar-refractivity contribution in [3.8, 4) is 11.5 Å². The fourth-order valence-corrected chi connectivity index (χ4v) is 4.65. The lowest BCUT2D eigenvalue weighted by Crippen LogP contribution is -2.41. The van der Waals surface area contributed by atoms with Crippen molar-refractivity contribution in [3.05, 3.63) is 23.8 Å². The Kier molecular flexibility index (Phi) is 4.33. The van der Waals surface area contributed by atoms with Crippen molar-refractivity contribution in [2.75, 3.05) is 39.5 Å². The van der Waals surface area contributed by atoms with Gasteiger partial charge in [-0.1, -0.05) is 13.0 Å². The maximum absolute atomic E-state index is 12.1. The molecule has 3 heterocycles. The largest absolute Gasteiger partial charge is 0.481 e. The highest BCUT2D eigenvalue weighted by Gasteiger charge is 2.52. The molecule has 6 heteroatoms. The number of fused-ring (bicyclic) bond motifs is 2. The topological polar surface area (TPSA) is 62.2 Å². The van der Waals surface area contributed by atoms with E-state index in [0.717, 1.165) is 57.1 Å². The van der Waals surface area contributed by atoms with Gasteiger partial charge < -0.3 is 19.5 Å². The first-order chi connectivity index (χ1) is 12.1. The summed E-state index contributed by atoms with van der Waals surface area (Å²) in [7, 11) is 0. The van der Waals surface area contributed by atoms with Crippen LogP contribution in [0.2, 0.25) is 0 Å². The van der Waals surface area contributed by atoms with E-state index in [-0.39, 0.29) is 5.92 Å². The van der Waals surface area contributed by atoms with Crippen molar-refractivity contribution in [1.82, 2.24) is 9.80 Å². The van der Waals surface area contributed by atoms with Gasteiger partial charge in [0, 0.05) is 32.1 Å². The molecule has 0 spiro atoms. The highest BCUT2D eigenvalue weighted by atomic mass is 16.7. The summed E-state index contributed by atoms with van der Waals surface area (Å²) in [5, 5.41) is 9.94. The van der Waals surface area contributed by atoms with Crippen LogP contribution in [0.4, 0.5) is 0 Å². The zero-order valence-corrected chi connectivity index (χ0v) is 14.7. The second kappa shape index (κ2) is 6.50. The zero-order chi connectivity index (χ0) is 17.4. The molecule has 0 radical (unpaired) electrons. The lowest BCUT2D eigenvalue weighted by molar-refractivity contribution is -0.151. The number of carbonyl (C=O) groups is 1. The fraction of sp³-hybridized carbons (Fsp3) is 0.632.